The number of benzene rings is 2. The van der Waals surface area contributed by atoms with Crippen LogP contribution >= 0.6 is 11.8 Å². The lowest BCUT2D eigenvalue weighted by molar-refractivity contribution is 0.102. The van der Waals surface area contributed by atoms with Gasteiger partial charge in [-0.15, -0.1) is 5.10 Å². The number of amides is 1. The molecule has 0 radical (unpaired) electrons. The summed E-state index contributed by atoms with van der Waals surface area (Å²) in [6.07, 6.45) is 3.30. The largest absolute Gasteiger partial charge is 0.321 e. The number of hydrogen-bond acceptors (Lipinski definition) is 6. The number of aromatic nitrogens is 5. The van der Waals surface area contributed by atoms with Crippen LogP contribution in [0.5, 0.6) is 0 Å². The Balaban J connectivity index is 1.62. The molecule has 0 bridgehead atoms. The van der Waals surface area contributed by atoms with Crippen LogP contribution in [-0.2, 0) is 5.75 Å². The van der Waals surface area contributed by atoms with E-state index in [9.17, 15) is 9.18 Å². The molecular formula is C23H21FN6OS. The molecule has 1 amide bonds. The lowest BCUT2D eigenvalue weighted by Crippen LogP contribution is -2.15. The zero-order chi connectivity index (χ0) is 22.5. The molecule has 0 saturated heterocycles. The smallest absolute Gasteiger partial charge is 0.278 e. The summed E-state index contributed by atoms with van der Waals surface area (Å²) >= 11 is 1.36. The number of hydrogen-bond donors (Lipinski definition) is 1. The van der Waals surface area contributed by atoms with Crippen molar-refractivity contribution in [3.8, 4) is 5.69 Å². The van der Waals surface area contributed by atoms with Crippen molar-refractivity contribution >= 4 is 23.4 Å². The lowest BCUT2D eigenvalue weighted by Gasteiger charge is -2.09. The number of rotatable bonds is 7. The zero-order valence-corrected chi connectivity index (χ0v) is 18.4. The molecule has 2 aromatic carbocycles. The van der Waals surface area contributed by atoms with E-state index >= 15 is 0 Å². The van der Waals surface area contributed by atoms with Crippen molar-refractivity contribution < 1.29 is 9.18 Å². The molecule has 32 heavy (non-hydrogen) atoms. The van der Waals surface area contributed by atoms with E-state index in [0.717, 1.165) is 0 Å². The van der Waals surface area contributed by atoms with Gasteiger partial charge in [0, 0.05) is 23.8 Å². The molecule has 162 valence electrons. The van der Waals surface area contributed by atoms with Crippen LogP contribution < -0.4 is 5.32 Å². The Kier molecular flexibility index (Phi) is 6.55. The molecule has 0 saturated carbocycles. The number of nitrogens with zero attached hydrogens (tertiary/aromatic N) is 5. The summed E-state index contributed by atoms with van der Waals surface area (Å²) in [6.45, 7) is 4.23. The summed E-state index contributed by atoms with van der Waals surface area (Å²) in [4.78, 5) is 21.5. The average Bonchev–Trinajstić information content (AvgIpc) is 3.23. The van der Waals surface area contributed by atoms with Gasteiger partial charge in [-0.1, -0.05) is 43.0 Å². The van der Waals surface area contributed by atoms with Crippen LogP contribution in [0, 0.1) is 5.82 Å². The van der Waals surface area contributed by atoms with Crippen LogP contribution in [0.15, 0.2) is 72.1 Å². The molecule has 0 aliphatic carbocycles. The number of halogens is 1. The van der Waals surface area contributed by atoms with E-state index in [1.54, 1.807) is 30.6 Å². The molecule has 7 nitrogen and oxygen atoms in total. The van der Waals surface area contributed by atoms with E-state index in [4.69, 9.17) is 0 Å². The normalized spacial score (nSPS) is 11.0. The minimum Gasteiger partial charge on any atom is -0.321 e. The highest BCUT2D eigenvalue weighted by Gasteiger charge is 2.21. The molecule has 0 unspecified atom stereocenters. The Morgan fingerprint density at radius 3 is 2.41 bits per heavy atom. The van der Waals surface area contributed by atoms with Gasteiger partial charge in [0.1, 0.15) is 5.82 Å². The van der Waals surface area contributed by atoms with E-state index in [-0.39, 0.29) is 17.4 Å². The maximum Gasteiger partial charge on any atom is 0.278 e. The van der Waals surface area contributed by atoms with Crippen LogP contribution in [0.2, 0.25) is 0 Å². The molecule has 4 rings (SSSR count). The molecular weight excluding hydrogens is 427 g/mol. The first-order valence-electron chi connectivity index (χ1n) is 10.0. The van der Waals surface area contributed by atoms with Crippen LogP contribution in [0.25, 0.3) is 5.69 Å². The van der Waals surface area contributed by atoms with Crippen molar-refractivity contribution in [1.29, 1.82) is 0 Å². The molecule has 0 fully saturated rings. The third-order valence-electron chi connectivity index (χ3n) is 4.76. The molecule has 4 aromatic rings. The quantitative estimate of drug-likeness (QED) is 0.321. The summed E-state index contributed by atoms with van der Waals surface area (Å²) in [7, 11) is 0. The third kappa shape index (κ3) is 5.00. The van der Waals surface area contributed by atoms with Gasteiger partial charge in [-0.3, -0.25) is 4.79 Å². The molecule has 9 heteroatoms. The molecule has 0 atom stereocenters. The Hall–Kier alpha value is -3.59. The van der Waals surface area contributed by atoms with Crippen molar-refractivity contribution in [3.63, 3.8) is 0 Å². The second-order valence-corrected chi connectivity index (χ2v) is 8.27. The fourth-order valence-corrected chi connectivity index (χ4v) is 3.83. The van der Waals surface area contributed by atoms with E-state index in [1.165, 1.54) is 34.1 Å². The molecule has 0 aliphatic heterocycles. The average molecular weight is 449 g/mol. The van der Waals surface area contributed by atoms with E-state index < -0.39 is 0 Å². The first kappa shape index (κ1) is 21.6. The molecule has 0 spiro atoms. The number of carbonyl (C=O) groups is 1. The highest BCUT2D eigenvalue weighted by Crippen LogP contribution is 2.24. The predicted molar refractivity (Wildman–Crippen MR) is 121 cm³/mol. The maximum absolute atomic E-state index is 13.4. The van der Waals surface area contributed by atoms with E-state index in [0.29, 0.717) is 33.9 Å². The van der Waals surface area contributed by atoms with E-state index in [1.807, 2.05) is 24.3 Å². The standard InChI is InChI=1S/C23H21FN6OS/c1-15(2)16-4-8-18(9-5-16)27-22(31)21-20(14-32-23-25-12-3-13-26-23)30(29-28-21)19-10-6-17(24)7-11-19/h3-13,15H,14H2,1-2H3,(H,27,31). The number of carbonyl (C=O) groups excluding carboxylic acids is 1. The Bertz CT molecular complexity index is 1190. The van der Waals surface area contributed by atoms with Crippen LogP contribution in [0.4, 0.5) is 10.1 Å². The van der Waals surface area contributed by atoms with Gasteiger partial charge in [0.05, 0.1) is 11.4 Å². The first-order valence-corrected chi connectivity index (χ1v) is 11.0. The SMILES string of the molecule is CC(C)c1ccc(NC(=O)c2nnn(-c3ccc(F)cc3)c2CSc2ncccn2)cc1. The van der Waals surface area contributed by atoms with Crippen molar-refractivity contribution in [2.45, 2.75) is 30.7 Å². The molecule has 2 heterocycles. The molecule has 0 aliphatic rings. The topological polar surface area (TPSA) is 85.6 Å². The van der Waals surface area contributed by atoms with Gasteiger partial charge in [0.15, 0.2) is 10.9 Å². The lowest BCUT2D eigenvalue weighted by atomic mass is 10.0. The summed E-state index contributed by atoms with van der Waals surface area (Å²) in [5, 5.41) is 11.7. The van der Waals surface area contributed by atoms with Crippen molar-refractivity contribution in [3.05, 3.63) is 89.8 Å². The third-order valence-corrected chi connectivity index (χ3v) is 5.65. The van der Waals surface area contributed by atoms with Crippen LogP contribution in [0.3, 0.4) is 0 Å². The van der Waals surface area contributed by atoms with Crippen LogP contribution in [-0.4, -0.2) is 30.9 Å². The van der Waals surface area contributed by atoms with Crippen molar-refractivity contribution in [2.75, 3.05) is 5.32 Å². The minimum atomic E-state index is -0.375. The zero-order valence-electron chi connectivity index (χ0n) is 17.6. The van der Waals surface area contributed by atoms with Crippen molar-refractivity contribution in [2.24, 2.45) is 0 Å². The predicted octanol–water partition coefficient (Wildman–Crippen LogP) is 4.86. The van der Waals surface area contributed by atoms with Gasteiger partial charge in [-0.25, -0.2) is 19.0 Å². The second kappa shape index (κ2) is 9.69. The highest BCUT2D eigenvalue weighted by molar-refractivity contribution is 7.98. The number of anilines is 1. The van der Waals surface area contributed by atoms with Crippen molar-refractivity contribution in [1.82, 2.24) is 25.0 Å². The Morgan fingerprint density at radius 2 is 1.75 bits per heavy atom. The van der Waals surface area contributed by atoms with E-state index in [2.05, 4.69) is 39.4 Å². The Morgan fingerprint density at radius 1 is 1.06 bits per heavy atom. The summed E-state index contributed by atoms with van der Waals surface area (Å²) in [6, 6.07) is 15.3. The van der Waals surface area contributed by atoms with Gasteiger partial charge in [-0.2, -0.15) is 0 Å². The Labute approximate surface area is 189 Å². The second-order valence-electron chi connectivity index (χ2n) is 7.32. The first-order chi connectivity index (χ1) is 15.5. The van der Waals surface area contributed by atoms with Gasteiger partial charge < -0.3 is 5.32 Å². The fourth-order valence-electron chi connectivity index (χ4n) is 3.03. The number of nitrogens with one attached hydrogen (secondary N) is 1. The monoisotopic (exact) mass is 448 g/mol. The summed E-state index contributed by atoms with van der Waals surface area (Å²) < 4.78 is 14.9. The van der Waals surface area contributed by atoms with Gasteiger partial charge in [0.2, 0.25) is 0 Å². The maximum atomic E-state index is 13.4. The summed E-state index contributed by atoms with van der Waals surface area (Å²) in [5.41, 5.74) is 3.20. The number of thioether (sulfide) groups is 1. The van der Waals surface area contributed by atoms with Gasteiger partial charge >= 0.3 is 0 Å². The highest BCUT2D eigenvalue weighted by atomic mass is 32.2. The molecule has 1 N–H and O–H groups in total. The van der Waals surface area contributed by atoms with Gasteiger partial charge in [-0.05, 0) is 53.9 Å². The molecule has 2 aromatic heterocycles. The van der Waals surface area contributed by atoms with Crippen LogP contribution in [0.1, 0.15) is 41.5 Å². The minimum absolute atomic E-state index is 0.186. The fraction of sp³-hybridized carbons (Fsp3) is 0.174. The van der Waals surface area contributed by atoms with Gasteiger partial charge in [0.25, 0.3) is 5.91 Å². The summed E-state index contributed by atoms with van der Waals surface area (Å²) in [5.74, 6) is 0.0217.